The highest BCUT2D eigenvalue weighted by molar-refractivity contribution is 5.13. The molecule has 0 aliphatic rings. The molecular weight excluding hydrogens is 164 g/mol. The van der Waals surface area contributed by atoms with Gasteiger partial charge in [0.1, 0.15) is 0 Å². The minimum Gasteiger partial charge on any atom is -0.382 e. The van der Waals surface area contributed by atoms with Crippen LogP contribution < -0.4 is 5.73 Å². The van der Waals surface area contributed by atoms with E-state index < -0.39 is 0 Å². The molecule has 2 unspecified atom stereocenters. The van der Waals surface area contributed by atoms with Crippen molar-refractivity contribution >= 4 is 0 Å². The zero-order valence-corrected chi connectivity index (χ0v) is 8.10. The van der Waals surface area contributed by atoms with Crippen LogP contribution in [0.15, 0.2) is 24.5 Å². The molecule has 0 aliphatic carbocycles. The molecule has 72 valence electrons. The van der Waals surface area contributed by atoms with Gasteiger partial charge in [-0.1, -0.05) is 6.07 Å². The Morgan fingerprint density at radius 1 is 1.62 bits per heavy atom. The molecule has 0 aliphatic heterocycles. The standard InChI is InChI=1S/C10H16N2O/c1-8(13-2)6-10(11)9-4-3-5-12-7-9/h3-5,7-8,10H,6,11H2,1-2H3. The lowest BCUT2D eigenvalue weighted by atomic mass is 10.0. The molecule has 0 fully saturated rings. The molecule has 0 radical (unpaired) electrons. The fourth-order valence-corrected chi connectivity index (χ4v) is 1.19. The van der Waals surface area contributed by atoms with Crippen LogP contribution in [0.3, 0.4) is 0 Å². The summed E-state index contributed by atoms with van der Waals surface area (Å²) in [5, 5.41) is 0. The molecule has 3 nitrogen and oxygen atoms in total. The van der Waals surface area contributed by atoms with Crippen LogP contribution in [0.5, 0.6) is 0 Å². The smallest absolute Gasteiger partial charge is 0.0561 e. The second-order valence-corrected chi connectivity index (χ2v) is 3.17. The molecule has 1 heterocycles. The lowest BCUT2D eigenvalue weighted by molar-refractivity contribution is 0.104. The van der Waals surface area contributed by atoms with Crippen LogP contribution in [0.2, 0.25) is 0 Å². The molecule has 0 saturated carbocycles. The lowest BCUT2D eigenvalue weighted by Gasteiger charge is -2.15. The van der Waals surface area contributed by atoms with E-state index in [2.05, 4.69) is 4.98 Å². The maximum Gasteiger partial charge on any atom is 0.0561 e. The summed E-state index contributed by atoms with van der Waals surface area (Å²) in [5.41, 5.74) is 7.01. The minimum absolute atomic E-state index is 0.0173. The third-order valence-corrected chi connectivity index (χ3v) is 2.10. The first-order chi connectivity index (χ1) is 6.24. The van der Waals surface area contributed by atoms with E-state index in [1.807, 2.05) is 19.1 Å². The zero-order chi connectivity index (χ0) is 9.68. The Kier molecular flexibility index (Phi) is 3.86. The normalized spacial score (nSPS) is 15.3. The highest BCUT2D eigenvalue weighted by Gasteiger charge is 2.09. The third kappa shape index (κ3) is 3.13. The van der Waals surface area contributed by atoms with E-state index in [-0.39, 0.29) is 12.1 Å². The monoisotopic (exact) mass is 180 g/mol. The SMILES string of the molecule is COC(C)CC(N)c1cccnc1. The van der Waals surface area contributed by atoms with Crippen molar-refractivity contribution in [3.8, 4) is 0 Å². The van der Waals surface area contributed by atoms with Gasteiger partial charge in [-0.05, 0) is 25.0 Å². The van der Waals surface area contributed by atoms with Gasteiger partial charge in [-0.2, -0.15) is 0 Å². The van der Waals surface area contributed by atoms with Gasteiger partial charge in [-0.25, -0.2) is 0 Å². The Morgan fingerprint density at radius 2 is 2.38 bits per heavy atom. The maximum absolute atomic E-state index is 5.95. The molecule has 3 heteroatoms. The summed E-state index contributed by atoms with van der Waals surface area (Å²) in [4.78, 5) is 4.02. The summed E-state index contributed by atoms with van der Waals surface area (Å²) in [6.07, 6.45) is 4.56. The molecule has 1 rings (SSSR count). The largest absolute Gasteiger partial charge is 0.382 e. The van der Waals surface area contributed by atoms with Crippen LogP contribution >= 0.6 is 0 Å². The first-order valence-electron chi connectivity index (χ1n) is 4.42. The Labute approximate surface area is 78.9 Å². The van der Waals surface area contributed by atoms with Crippen LogP contribution in [-0.2, 0) is 4.74 Å². The van der Waals surface area contributed by atoms with E-state index in [0.29, 0.717) is 0 Å². The van der Waals surface area contributed by atoms with Crippen LogP contribution in [0.1, 0.15) is 24.9 Å². The van der Waals surface area contributed by atoms with Crippen molar-refractivity contribution in [3.05, 3.63) is 30.1 Å². The number of hydrogen-bond donors (Lipinski definition) is 1. The van der Waals surface area contributed by atoms with Crippen molar-refractivity contribution in [2.45, 2.75) is 25.5 Å². The Bertz CT molecular complexity index is 238. The summed E-state index contributed by atoms with van der Waals surface area (Å²) in [6.45, 7) is 2.01. The van der Waals surface area contributed by atoms with Gasteiger partial charge in [0.05, 0.1) is 6.10 Å². The molecule has 0 aromatic carbocycles. The minimum atomic E-state index is 0.0173. The van der Waals surface area contributed by atoms with Gasteiger partial charge < -0.3 is 10.5 Å². The van der Waals surface area contributed by atoms with Gasteiger partial charge in [0.15, 0.2) is 0 Å². The number of pyridine rings is 1. The molecule has 13 heavy (non-hydrogen) atoms. The van der Waals surface area contributed by atoms with Gasteiger partial charge in [0.25, 0.3) is 0 Å². The lowest BCUT2D eigenvalue weighted by Crippen LogP contribution is -2.18. The van der Waals surface area contributed by atoms with Crippen molar-refractivity contribution in [2.24, 2.45) is 5.73 Å². The van der Waals surface area contributed by atoms with Crippen LogP contribution in [-0.4, -0.2) is 18.2 Å². The van der Waals surface area contributed by atoms with E-state index in [1.165, 1.54) is 0 Å². The van der Waals surface area contributed by atoms with E-state index >= 15 is 0 Å². The number of methoxy groups -OCH3 is 1. The van der Waals surface area contributed by atoms with Gasteiger partial charge >= 0.3 is 0 Å². The van der Waals surface area contributed by atoms with Crippen molar-refractivity contribution in [1.82, 2.24) is 4.98 Å². The Morgan fingerprint density at radius 3 is 2.92 bits per heavy atom. The van der Waals surface area contributed by atoms with Gasteiger partial charge in [0, 0.05) is 25.5 Å². The first kappa shape index (κ1) is 10.2. The summed E-state index contributed by atoms with van der Waals surface area (Å²) in [5.74, 6) is 0. The highest BCUT2D eigenvalue weighted by Crippen LogP contribution is 2.15. The van der Waals surface area contributed by atoms with E-state index in [1.54, 1.807) is 19.5 Å². The molecule has 2 atom stereocenters. The second-order valence-electron chi connectivity index (χ2n) is 3.17. The second kappa shape index (κ2) is 4.94. The van der Waals surface area contributed by atoms with E-state index in [0.717, 1.165) is 12.0 Å². The van der Waals surface area contributed by atoms with Gasteiger partial charge in [-0.3, -0.25) is 4.98 Å². The molecule has 0 spiro atoms. The zero-order valence-electron chi connectivity index (χ0n) is 8.10. The number of nitrogens with zero attached hydrogens (tertiary/aromatic N) is 1. The molecule has 0 bridgehead atoms. The van der Waals surface area contributed by atoms with Crippen molar-refractivity contribution in [3.63, 3.8) is 0 Å². The fraction of sp³-hybridized carbons (Fsp3) is 0.500. The predicted molar refractivity (Wildman–Crippen MR) is 52.3 cm³/mol. The van der Waals surface area contributed by atoms with Crippen molar-refractivity contribution < 1.29 is 4.74 Å². The Balaban J connectivity index is 2.53. The van der Waals surface area contributed by atoms with Crippen LogP contribution in [0, 0.1) is 0 Å². The molecule has 1 aromatic rings. The summed E-state index contributed by atoms with van der Waals surface area (Å²) >= 11 is 0. The summed E-state index contributed by atoms with van der Waals surface area (Å²) in [6, 6.07) is 3.90. The summed E-state index contributed by atoms with van der Waals surface area (Å²) < 4.78 is 5.14. The van der Waals surface area contributed by atoms with Crippen molar-refractivity contribution in [2.75, 3.05) is 7.11 Å². The first-order valence-corrected chi connectivity index (χ1v) is 4.42. The van der Waals surface area contributed by atoms with Crippen LogP contribution in [0.4, 0.5) is 0 Å². The van der Waals surface area contributed by atoms with Crippen LogP contribution in [0.25, 0.3) is 0 Å². The van der Waals surface area contributed by atoms with E-state index in [9.17, 15) is 0 Å². The van der Waals surface area contributed by atoms with Crippen molar-refractivity contribution in [1.29, 1.82) is 0 Å². The quantitative estimate of drug-likeness (QED) is 0.764. The van der Waals surface area contributed by atoms with E-state index in [4.69, 9.17) is 10.5 Å². The fourth-order valence-electron chi connectivity index (χ4n) is 1.19. The molecule has 0 saturated heterocycles. The highest BCUT2D eigenvalue weighted by atomic mass is 16.5. The number of ether oxygens (including phenoxy) is 1. The number of rotatable bonds is 4. The average Bonchev–Trinajstić information content (AvgIpc) is 2.19. The summed E-state index contributed by atoms with van der Waals surface area (Å²) in [7, 11) is 1.70. The van der Waals surface area contributed by atoms with Gasteiger partial charge in [-0.15, -0.1) is 0 Å². The number of aromatic nitrogens is 1. The molecule has 0 amide bonds. The number of nitrogens with two attached hydrogens (primary N) is 1. The van der Waals surface area contributed by atoms with Gasteiger partial charge in [0.2, 0.25) is 0 Å². The average molecular weight is 180 g/mol. The number of hydrogen-bond acceptors (Lipinski definition) is 3. The molecule has 2 N–H and O–H groups in total. The third-order valence-electron chi connectivity index (χ3n) is 2.10. The molecular formula is C10H16N2O. The predicted octanol–water partition coefficient (Wildman–Crippen LogP) is 1.51. The molecule has 1 aromatic heterocycles. The Hall–Kier alpha value is -0.930. The topological polar surface area (TPSA) is 48.1 Å². The maximum atomic E-state index is 5.95.